The van der Waals surface area contributed by atoms with Crippen LogP contribution in [0.4, 0.5) is 25.0 Å². The molecule has 0 radical (unpaired) electrons. The smallest absolute Gasteiger partial charge is 0.387 e. The number of rotatable bonds is 9. The van der Waals surface area contributed by atoms with Crippen molar-refractivity contribution in [3.05, 3.63) is 54.1 Å². The first-order valence-electron chi connectivity index (χ1n) is 9.79. The normalized spacial score (nSPS) is 11.8. The number of carbonyl (C=O) groups excluding carboxylic acids is 2. The molecule has 0 aliphatic heterocycles. The maximum atomic E-state index is 12.6. The van der Waals surface area contributed by atoms with Gasteiger partial charge in [-0.05, 0) is 42.7 Å². The zero-order valence-corrected chi connectivity index (χ0v) is 17.2. The van der Waals surface area contributed by atoms with Crippen LogP contribution in [0.1, 0.15) is 45.2 Å². The fraction of sp³-hybridized carbons (Fsp3) is 0.364. The van der Waals surface area contributed by atoms with Gasteiger partial charge in [0.05, 0.1) is 6.04 Å². The average Bonchev–Trinajstić information content (AvgIpc) is 2.67. The van der Waals surface area contributed by atoms with Crippen molar-refractivity contribution in [1.29, 1.82) is 0 Å². The molecule has 2 aromatic carbocycles. The third-order valence-electron chi connectivity index (χ3n) is 4.24. The summed E-state index contributed by atoms with van der Waals surface area (Å²) in [5, 5.41) is 8.26. The van der Waals surface area contributed by atoms with E-state index in [9.17, 15) is 18.4 Å². The molecular weight excluding hydrogens is 392 g/mol. The Morgan fingerprint density at radius 3 is 2.13 bits per heavy atom. The van der Waals surface area contributed by atoms with Gasteiger partial charge in [-0.1, -0.05) is 39.0 Å². The summed E-state index contributed by atoms with van der Waals surface area (Å²) in [6.07, 6.45) is 0.912. The molecule has 8 heteroatoms. The van der Waals surface area contributed by atoms with Gasteiger partial charge in [-0.2, -0.15) is 8.78 Å². The van der Waals surface area contributed by atoms with Crippen LogP contribution in [-0.4, -0.2) is 18.5 Å². The second-order valence-electron chi connectivity index (χ2n) is 7.20. The maximum Gasteiger partial charge on any atom is 0.387 e. The minimum absolute atomic E-state index is 0.0288. The number of ether oxygens (including phenoxy) is 1. The Morgan fingerprint density at radius 1 is 0.967 bits per heavy atom. The fourth-order valence-corrected chi connectivity index (χ4v) is 2.92. The number of anilines is 2. The van der Waals surface area contributed by atoms with E-state index in [0.29, 0.717) is 29.8 Å². The molecule has 1 atom stereocenters. The van der Waals surface area contributed by atoms with E-state index in [1.165, 1.54) is 6.07 Å². The highest BCUT2D eigenvalue weighted by Crippen LogP contribution is 2.28. The van der Waals surface area contributed by atoms with Gasteiger partial charge in [-0.3, -0.25) is 4.79 Å². The van der Waals surface area contributed by atoms with Crippen LogP contribution >= 0.6 is 0 Å². The largest absolute Gasteiger partial charge is 0.434 e. The maximum absolute atomic E-state index is 12.6. The molecule has 3 N–H and O–H groups in total. The van der Waals surface area contributed by atoms with E-state index in [1.807, 2.05) is 20.8 Å². The summed E-state index contributed by atoms with van der Waals surface area (Å²) < 4.78 is 29.8. The number of carbonyl (C=O) groups is 2. The van der Waals surface area contributed by atoms with E-state index in [1.54, 1.807) is 42.5 Å². The van der Waals surface area contributed by atoms with Gasteiger partial charge in [0.15, 0.2) is 0 Å². The number of para-hydroxylation sites is 1. The zero-order valence-electron chi connectivity index (χ0n) is 17.2. The predicted molar refractivity (Wildman–Crippen MR) is 113 cm³/mol. The molecule has 0 aliphatic rings. The molecule has 1 unspecified atom stereocenters. The first-order chi connectivity index (χ1) is 14.3. The van der Waals surface area contributed by atoms with Crippen molar-refractivity contribution >= 4 is 23.3 Å². The number of alkyl halides is 2. The van der Waals surface area contributed by atoms with Crippen LogP contribution in [0.5, 0.6) is 5.75 Å². The van der Waals surface area contributed by atoms with E-state index in [2.05, 4.69) is 20.7 Å². The predicted octanol–water partition coefficient (Wildman–Crippen LogP) is 5.55. The number of halogens is 2. The number of amides is 3. The highest BCUT2D eigenvalue weighted by molar-refractivity contribution is 5.92. The number of nitrogens with one attached hydrogen (secondary N) is 3. The van der Waals surface area contributed by atoms with Gasteiger partial charge in [0, 0.05) is 23.4 Å². The van der Waals surface area contributed by atoms with Crippen molar-refractivity contribution in [1.82, 2.24) is 5.32 Å². The molecule has 0 aliphatic carbocycles. The molecule has 0 saturated carbocycles. The van der Waals surface area contributed by atoms with Crippen LogP contribution in [0.2, 0.25) is 0 Å². The molecule has 0 fully saturated rings. The summed E-state index contributed by atoms with van der Waals surface area (Å²) in [6.45, 7) is 2.82. The lowest BCUT2D eigenvalue weighted by Crippen LogP contribution is -2.32. The lowest BCUT2D eigenvalue weighted by Gasteiger charge is -2.21. The molecular formula is C22H27F2N3O3. The van der Waals surface area contributed by atoms with Crippen LogP contribution in [-0.2, 0) is 4.79 Å². The van der Waals surface area contributed by atoms with Crippen LogP contribution < -0.4 is 20.7 Å². The van der Waals surface area contributed by atoms with Crippen molar-refractivity contribution in [2.75, 3.05) is 10.6 Å². The van der Waals surface area contributed by atoms with Gasteiger partial charge >= 0.3 is 12.6 Å². The summed E-state index contributed by atoms with van der Waals surface area (Å²) in [5.41, 5.74) is 1.64. The van der Waals surface area contributed by atoms with E-state index < -0.39 is 18.7 Å². The lowest BCUT2D eigenvalue weighted by molar-refractivity contribution is -0.116. The highest BCUT2D eigenvalue weighted by atomic mass is 19.3. The molecule has 2 rings (SSSR count). The molecule has 30 heavy (non-hydrogen) atoms. The third kappa shape index (κ3) is 7.35. The lowest BCUT2D eigenvalue weighted by atomic mass is 10.0. The van der Waals surface area contributed by atoms with Crippen LogP contribution in [0.15, 0.2) is 48.5 Å². The zero-order chi connectivity index (χ0) is 22.1. The average molecular weight is 419 g/mol. The third-order valence-corrected chi connectivity index (χ3v) is 4.24. The quantitative estimate of drug-likeness (QED) is 0.499. The fourth-order valence-electron chi connectivity index (χ4n) is 2.92. The summed E-state index contributed by atoms with van der Waals surface area (Å²) in [7, 11) is 0. The van der Waals surface area contributed by atoms with E-state index in [-0.39, 0.29) is 17.6 Å². The molecule has 0 spiro atoms. The molecule has 3 amide bonds. The van der Waals surface area contributed by atoms with Crippen molar-refractivity contribution in [3.8, 4) is 5.75 Å². The molecule has 6 nitrogen and oxygen atoms in total. The van der Waals surface area contributed by atoms with Crippen molar-refractivity contribution in [2.24, 2.45) is 5.92 Å². The van der Waals surface area contributed by atoms with Gasteiger partial charge in [-0.25, -0.2) is 4.79 Å². The monoisotopic (exact) mass is 419 g/mol. The van der Waals surface area contributed by atoms with E-state index in [4.69, 9.17) is 0 Å². The van der Waals surface area contributed by atoms with E-state index >= 15 is 0 Å². The topological polar surface area (TPSA) is 79.5 Å². The van der Waals surface area contributed by atoms with Crippen LogP contribution in [0.25, 0.3) is 0 Å². The van der Waals surface area contributed by atoms with E-state index in [0.717, 1.165) is 0 Å². The van der Waals surface area contributed by atoms with Crippen molar-refractivity contribution < 1.29 is 23.1 Å². The van der Waals surface area contributed by atoms with Gasteiger partial charge < -0.3 is 20.7 Å². The molecule has 0 bridgehead atoms. The molecule has 0 aromatic heterocycles. The van der Waals surface area contributed by atoms with Crippen molar-refractivity contribution in [2.45, 2.75) is 46.3 Å². The Kier molecular flexibility index (Phi) is 8.58. The van der Waals surface area contributed by atoms with Gasteiger partial charge in [-0.15, -0.1) is 0 Å². The molecule has 0 saturated heterocycles. The number of urea groups is 1. The number of hydrogen-bond donors (Lipinski definition) is 3. The highest BCUT2D eigenvalue weighted by Gasteiger charge is 2.19. The molecule has 2 aromatic rings. The Balaban J connectivity index is 1.98. The van der Waals surface area contributed by atoms with Crippen molar-refractivity contribution in [3.63, 3.8) is 0 Å². The Labute approximate surface area is 175 Å². The molecule has 0 heterocycles. The number of benzene rings is 2. The van der Waals surface area contributed by atoms with Gasteiger partial charge in [0.25, 0.3) is 0 Å². The summed E-state index contributed by atoms with van der Waals surface area (Å²) in [4.78, 5) is 24.2. The van der Waals surface area contributed by atoms with Crippen LogP contribution in [0, 0.1) is 5.92 Å². The number of hydrogen-bond acceptors (Lipinski definition) is 3. The standard InChI is InChI=1S/C22H27F2N3O3/c1-4-18(17-7-5-6-8-19(17)30-21(23)24)27-22(29)26-16-11-9-15(10-12-16)25-20(28)13-14(2)3/h5-12,14,18,21H,4,13H2,1-3H3,(H,25,28)(H2,26,27,29). The second kappa shape index (κ2) is 11.1. The summed E-state index contributed by atoms with van der Waals surface area (Å²) in [5.74, 6) is 0.220. The van der Waals surface area contributed by atoms with Gasteiger partial charge in [0.2, 0.25) is 5.91 Å². The molecule has 162 valence electrons. The summed E-state index contributed by atoms with van der Waals surface area (Å²) >= 11 is 0. The Bertz CT molecular complexity index is 842. The minimum atomic E-state index is -2.95. The summed E-state index contributed by atoms with van der Waals surface area (Å²) in [6, 6.07) is 12.1. The first-order valence-corrected chi connectivity index (χ1v) is 9.79. The first kappa shape index (κ1) is 23.1. The second-order valence-corrected chi connectivity index (χ2v) is 7.20. The SMILES string of the molecule is CCC(NC(=O)Nc1ccc(NC(=O)CC(C)C)cc1)c1ccccc1OC(F)F. The van der Waals surface area contributed by atoms with Gasteiger partial charge in [0.1, 0.15) is 5.75 Å². The minimum Gasteiger partial charge on any atom is -0.434 e. The Hall–Kier alpha value is -3.16. The Morgan fingerprint density at radius 2 is 1.57 bits per heavy atom. The van der Waals surface area contributed by atoms with Crippen LogP contribution in [0.3, 0.4) is 0 Å².